The molecule has 0 spiro atoms. The number of rotatable bonds is 6. The van der Waals surface area contributed by atoms with Gasteiger partial charge in [0.2, 0.25) is 0 Å². The van der Waals surface area contributed by atoms with Gasteiger partial charge in [-0.3, -0.25) is 4.79 Å². The minimum Gasteiger partial charge on any atom is -0.454 e. The molecule has 7 heteroatoms. The predicted molar refractivity (Wildman–Crippen MR) is 108 cm³/mol. The van der Waals surface area contributed by atoms with Crippen LogP contribution in [0.2, 0.25) is 0 Å². The van der Waals surface area contributed by atoms with E-state index in [9.17, 15) is 4.79 Å². The predicted octanol–water partition coefficient (Wildman–Crippen LogP) is 2.84. The summed E-state index contributed by atoms with van der Waals surface area (Å²) >= 11 is 0. The fraction of sp³-hybridized carbons (Fsp3) is 0.696. The largest absolute Gasteiger partial charge is 0.454 e. The zero-order valence-electron chi connectivity index (χ0n) is 18.2. The van der Waals surface area contributed by atoms with E-state index in [1.165, 1.54) is 6.92 Å². The lowest BCUT2D eigenvalue weighted by Crippen LogP contribution is -2.58. The van der Waals surface area contributed by atoms with Gasteiger partial charge in [-0.2, -0.15) is 0 Å². The van der Waals surface area contributed by atoms with Crippen LogP contribution in [-0.2, 0) is 39.8 Å². The maximum absolute atomic E-state index is 11.9. The Balaban J connectivity index is 1.50. The van der Waals surface area contributed by atoms with E-state index in [4.69, 9.17) is 28.4 Å². The minimum absolute atomic E-state index is 0.0166. The lowest BCUT2D eigenvalue weighted by atomic mass is 9.91. The molecule has 4 rings (SSSR count). The Morgan fingerprint density at radius 2 is 1.60 bits per heavy atom. The van der Waals surface area contributed by atoms with E-state index >= 15 is 0 Å². The second-order valence-corrected chi connectivity index (χ2v) is 8.62. The standard InChI is InChI=1S/C23H32O7/c1-12-13(2)27-23(30-20-15(4)26-14(3)19-21(20)29-19)22(28-16(5)24)18(12)25-11-17-9-7-6-8-10-17/h6-10,12-15,18-23H,11H2,1-5H3/t12-,13-,14-,15-,18+,19+,20-,21+,22-,23+/m1/s1. The molecule has 3 heterocycles. The number of benzene rings is 1. The number of hydrogen-bond acceptors (Lipinski definition) is 7. The van der Waals surface area contributed by atoms with Crippen LogP contribution in [0.3, 0.4) is 0 Å². The van der Waals surface area contributed by atoms with E-state index < -0.39 is 18.4 Å². The molecule has 0 saturated carbocycles. The third-order valence-electron chi connectivity index (χ3n) is 6.32. The van der Waals surface area contributed by atoms with Crippen LogP contribution in [0.15, 0.2) is 30.3 Å². The molecule has 30 heavy (non-hydrogen) atoms. The Bertz CT molecular complexity index is 724. The van der Waals surface area contributed by atoms with E-state index in [0.717, 1.165) is 5.56 Å². The summed E-state index contributed by atoms with van der Waals surface area (Å²) in [4.78, 5) is 11.9. The normalized spacial score (nSPS) is 43.0. The first-order valence-electron chi connectivity index (χ1n) is 10.8. The Morgan fingerprint density at radius 3 is 2.30 bits per heavy atom. The molecule has 1 aromatic rings. The summed E-state index contributed by atoms with van der Waals surface area (Å²) in [5, 5.41) is 0. The molecule has 7 nitrogen and oxygen atoms in total. The highest BCUT2D eigenvalue weighted by atomic mass is 16.7. The summed E-state index contributed by atoms with van der Waals surface area (Å²) in [6.07, 6.45) is -2.30. The van der Waals surface area contributed by atoms with Crippen molar-refractivity contribution in [3.8, 4) is 0 Å². The van der Waals surface area contributed by atoms with Crippen LogP contribution in [-0.4, -0.2) is 61.1 Å². The molecule has 0 amide bonds. The number of carbonyl (C=O) groups excluding carboxylic acids is 1. The molecule has 0 unspecified atom stereocenters. The molecule has 1 aromatic carbocycles. The first-order valence-corrected chi connectivity index (χ1v) is 10.8. The maximum Gasteiger partial charge on any atom is 0.303 e. The minimum atomic E-state index is -0.754. The summed E-state index contributed by atoms with van der Waals surface area (Å²) in [7, 11) is 0. The average Bonchev–Trinajstić information content (AvgIpc) is 3.50. The smallest absolute Gasteiger partial charge is 0.303 e. The van der Waals surface area contributed by atoms with Crippen LogP contribution in [0.1, 0.15) is 40.2 Å². The second-order valence-electron chi connectivity index (χ2n) is 8.62. The van der Waals surface area contributed by atoms with Crippen molar-refractivity contribution >= 4 is 5.97 Å². The van der Waals surface area contributed by atoms with Crippen LogP contribution in [0.25, 0.3) is 0 Å². The molecule has 3 saturated heterocycles. The molecule has 0 N–H and O–H groups in total. The SMILES string of the molecule is CC(=O)O[C@H]1[C@H](O[C@H]2[C@H]3O[C@H]3[C@@H](C)O[C@@H]2C)O[C@H](C)[C@@H](C)[C@@H]1OCc1ccccc1. The molecule has 3 aliphatic heterocycles. The molecule has 0 radical (unpaired) electrons. The molecule has 0 bridgehead atoms. The third kappa shape index (κ3) is 4.55. The zero-order valence-corrected chi connectivity index (χ0v) is 18.2. The number of carbonyl (C=O) groups is 1. The van der Waals surface area contributed by atoms with Gasteiger partial charge in [0.1, 0.15) is 24.4 Å². The van der Waals surface area contributed by atoms with Gasteiger partial charge in [0.05, 0.1) is 24.9 Å². The fourth-order valence-corrected chi connectivity index (χ4v) is 4.45. The Morgan fingerprint density at radius 1 is 0.867 bits per heavy atom. The number of hydrogen-bond donors (Lipinski definition) is 0. The van der Waals surface area contributed by atoms with Crippen molar-refractivity contribution in [1.29, 1.82) is 0 Å². The highest BCUT2D eigenvalue weighted by Gasteiger charge is 2.58. The summed E-state index contributed by atoms with van der Waals surface area (Å²) in [6.45, 7) is 9.82. The molecular weight excluding hydrogens is 388 g/mol. The van der Waals surface area contributed by atoms with E-state index in [0.29, 0.717) is 6.61 Å². The second kappa shape index (κ2) is 8.93. The zero-order chi connectivity index (χ0) is 21.4. The van der Waals surface area contributed by atoms with Crippen LogP contribution in [0.4, 0.5) is 0 Å². The van der Waals surface area contributed by atoms with E-state index in [2.05, 4.69) is 0 Å². The Labute approximate surface area is 177 Å². The highest BCUT2D eigenvalue weighted by molar-refractivity contribution is 5.66. The van der Waals surface area contributed by atoms with Crippen molar-refractivity contribution in [2.45, 2.75) is 96.3 Å². The van der Waals surface area contributed by atoms with Gasteiger partial charge < -0.3 is 28.4 Å². The number of fused-ring (bicyclic) bond motifs is 1. The highest BCUT2D eigenvalue weighted by Crippen LogP contribution is 2.41. The van der Waals surface area contributed by atoms with Gasteiger partial charge >= 0.3 is 5.97 Å². The molecule has 10 atom stereocenters. The van der Waals surface area contributed by atoms with Gasteiger partial charge in [0.25, 0.3) is 0 Å². The van der Waals surface area contributed by atoms with Crippen molar-refractivity contribution in [2.75, 3.05) is 0 Å². The quantitative estimate of drug-likeness (QED) is 0.517. The molecule has 3 fully saturated rings. The summed E-state index contributed by atoms with van der Waals surface area (Å²) in [6, 6.07) is 9.93. The van der Waals surface area contributed by atoms with Crippen LogP contribution in [0, 0.1) is 5.92 Å². The average molecular weight is 421 g/mol. The summed E-state index contributed by atoms with van der Waals surface area (Å²) in [5.74, 6) is -0.378. The van der Waals surface area contributed by atoms with Gasteiger partial charge in [-0.25, -0.2) is 0 Å². The van der Waals surface area contributed by atoms with E-state index in [1.54, 1.807) is 0 Å². The first-order chi connectivity index (χ1) is 14.3. The van der Waals surface area contributed by atoms with Gasteiger partial charge in [0.15, 0.2) is 12.4 Å². The van der Waals surface area contributed by atoms with Crippen molar-refractivity contribution in [1.82, 2.24) is 0 Å². The summed E-state index contributed by atoms with van der Waals surface area (Å²) in [5.41, 5.74) is 1.06. The van der Waals surface area contributed by atoms with Gasteiger partial charge in [-0.1, -0.05) is 37.3 Å². The number of esters is 1. The molecule has 0 aromatic heterocycles. The number of ether oxygens (including phenoxy) is 6. The monoisotopic (exact) mass is 420 g/mol. The van der Waals surface area contributed by atoms with Crippen molar-refractivity contribution in [3.63, 3.8) is 0 Å². The van der Waals surface area contributed by atoms with Crippen LogP contribution < -0.4 is 0 Å². The summed E-state index contributed by atoms with van der Waals surface area (Å²) < 4.78 is 36.1. The molecule has 166 valence electrons. The van der Waals surface area contributed by atoms with Crippen LogP contribution >= 0.6 is 0 Å². The topological polar surface area (TPSA) is 75.8 Å². The lowest BCUT2D eigenvalue weighted by Gasteiger charge is -2.45. The van der Waals surface area contributed by atoms with Crippen molar-refractivity contribution in [2.24, 2.45) is 5.92 Å². The van der Waals surface area contributed by atoms with Gasteiger partial charge in [-0.05, 0) is 26.3 Å². The Hall–Kier alpha value is -1.51. The maximum atomic E-state index is 11.9. The van der Waals surface area contributed by atoms with Crippen molar-refractivity contribution < 1.29 is 33.2 Å². The molecule has 0 aliphatic carbocycles. The number of epoxide rings is 1. The van der Waals surface area contributed by atoms with Gasteiger partial charge in [0, 0.05) is 12.8 Å². The third-order valence-corrected chi connectivity index (χ3v) is 6.32. The lowest BCUT2D eigenvalue weighted by molar-refractivity contribution is -0.313. The molecule has 3 aliphatic rings. The van der Waals surface area contributed by atoms with E-state index in [1.807, 2.05) is 58.0 Å². The molecular formula is C23H32O7. The van der Waals surface area contributed by atoms with Crippen molar-refractivity contribution in [3.05, 3.63) is 35.9 Å². The van der Waals surface area contributed by atoms with Gasteiger partial charge in [-0.15, -0.1) is 0 Å². The Kier molecular flexibility index (Phi) is 6.46. The van der Waals surface area contributed by atoms with E-state index in [-0.39, 0.29) is 48.6 Å². The fourth-order valence-electron chi connectivity index (χ4n) is 4.45. The first kappa shape index (κ1) is 21.7. The van der Waals surface area contributed by atoms with Crippen LogP contribution in [0.5, 0.6) is 0 Å².